The Kier molecular flexibility index (Phi) is 4.60. The molecular weight excluding hydrogens is 294 g/mol. The fourth-order valence-corrected chi connectivity index (χ4v) is 3.22. The van der Waals surface area contributed by atoms with E-state index in [-0.39, 0.29) is 17.6 Å². The number of amides is 1. The lowest BCUT2D eigenvalue weighted by molar-refractivity contribution is -0.384. The molecule has 6 nitrogen and oxygen atoms in total. The van der Waals surface area contributed by atoms with Crippen LogP contribution in [0.4, 0.5) is 5.69 Å². The molecule has 0 radical (unpaired) electrons. The SMILES string of the molecule is O=C(NC1CCCCCCC1)c1cc2cc([N+](=O)[O-])ccc2[nH]1. The second-order valence-electron chi connectivity index (χ2n) is 6.23. The van der Waals surface area contributed by atoms with Crippen LogP contribution in [-0.4, -0.2) is 21.9 Å². The summed E-state index contributed by atoms with van der Waals surface area (Å²) >= 11 is 0. The molecule has 1 aliphatic carbocycles. The van der Waals surface area contributed by atoms with Gasteiger partial charge in [0.2, 0.25) is 0 Å². The maximum absolute atomic E-state index is 12.4. The van der Waals surface area contributed by atoms with Gasteiger partial charge in [0.1, 0.15) is 5.69 Å². The number of H-pyrrole nitrogens is 1. The number of aromatic amines is 1. The van der Waals surface area contributed by atoms with Crippen molar-refractivity contribution in [3.63, 3.8) is 0 Å². The smallest absolute Gasteiger partial charge is 0.270 e. The van der Waals surface area contributed by atoms with Gasteiger partial charge in [-0.1, -0.05) is 32.1 Å². The highest BCUT2D eigenvalue weighted by atomic mass is 16.6. The largest absolute Gasteiger partial charge is 0.351 e. The summed E-state index contributed by atoms with van der Waals surface area (Å²) in [5, 5.41) is 14.6. The Morgan fingerprint density at radius 1 is 1.13 bits per heavy atom. The molecule has 122 valence electrons. The number of hydrogen-bond donors (Lipinski definition) is 2. The Morgan fingerprint density at radius 3 is 2.52 bits per heavy atom. The van der Waals surface area contributed by atoms with Crippen LogP contribution >= 0.6 is 0 Å². The first kappa shape index (κ1) is 15.5. The molecule has 0 spiro atoms. The van der Waals surface area contributed by atoms with Gasteiger partial charge in [0.15, 0.2) is 0 Å². The van der Waals surface area contributed by atoms with E-state index in [1.807, 2.05) is 0 Å². The standard InChI is InChI=1S/C17H21N3O3/c21-17(18-13-6-4-2-1-3-5-7-13)16-11-12-10-14(20(22)23)8-9-15(12)19-16/h8-11,13,19H,1-7H2,(H,18,21). The summed E-state index contributed by atoms with van der Waals surface area (Å²) in [7, 11) is 0. The predicted octanol–water partition coefficient (Wildman–Crippen LogP) is 3.92. The van der Waals surface area contributed by atoms with Gasteiger partial charge in [-0.25, -0.2) is 0 Å². The van der Waals surface area contributed by atoms with Gasteiger partial charge in [0.05, 0.1) is 4.92 Å². The van der Waals surface area contributed by atoms with Crippen molar-refractivity contribution < 1.29 is 9.72 Å². The van der Waals surface area contributed by atoms with E-state index in [9.17, 15) is 14.9 Å². The van der Waals surface area contributed by atoms with Gasteiger partial charge in [-0.2, -0.15) is 0 Å². The number of carbonyl (C=O) groups is 1. The number of benzene rings is 1. The molecule has 1 aromatic carbocycles. The summed E-state index contributed by atoms with van der Waals surface area (Å²) in [6.45, 7) is 0. The molecule has 1 fully saturated rings. The van der Waals surface area contributed by atoms with E-state index in [2.05, 4.69) is 10.3 Å². The van der Waals surface area contributed by atoms with Crippen LogP contribution < -0.4 is 5.32 Å². The van der Waals surface area contributed by atoms with Crippen LogP contribution in [0.25, 0.3) is 10.9 Å². The first-order chi connectivity index (χ1) is 11.1. The summed E-state index contributed by atoms with van der Waals surface area (Å²) in [4.78, 5) is 25.9. The number of rotatable bonds is 3. The van der Waals surface area contributed by atoms with Crippen molar-refractivity contribution in [3.05, 3.63) is 40.1 Å². The second kappa shape index (κ2) is 6.81. The van der Waals surface area contributed by atoms with Crippen molar-refractivity contribution in [2.45, 2.75) is 51.0 Å². The molecule has 2 aromatic rings. The number of nitrogens with one attached hydrogen (secondary N) is 2. The Labute approximate surface area is 134 Å². The van der Waals surface area contributed by atoms with Gasteiger partial charge in [0.25, 0.3) is 11.6 Å². The summed E-state index contributed by atoms with van der Waals surface area (Å²) in [6, 6.07) is 6.47. The molecule has 1 heterocycles. The molecule has 6 heteroatoms. The first-order valence-electron chi connectivity index (χ1n) is 8.21. The highest BCUT2D eigenvalue weighted by Crippen LogP contribution is 2.22. The van der Waals surface area contributed by atoms with Gasteiger partial charge in [-0.3, -0.25) is 14.9 Å². The van der Waals surface area contributed by atoms with Crippen LogP contribution in [0.3, 0.4) is 0 Å². The molecule has 2 N–H and O–H groups in total. The molecular formula is C17H21N3O3. The van der Waals surface area contributed by atoms with Crippen molar-refractivity contribution in [1.82, 2.24) is 10.3 Å². The second-order valence-corrected chi connectivity index (χ2v) is 6.23. The average molecular weight is 315 g/mol. The predicted molar refractivity (Wildman–Crippen MR) is 88.5 cm³/mol. The summed E-state index contributed by atoms with van der Waals surface area (Å²) in [5.41, 5.74) is 1.23. The molecule has 1 saturated carbocycles. The third-order valence-electron chi connectivity index (χ3n) is 4.50. The number of nitro benzene ring substituents is 1. The quantitative estimate of drug-likeness (QED) is 0.664. The highest BCUT2D eigenvalue weighted by molar-refractivity contribution is 5.98. The van der Waals surface area contributed by atoms with Gasteiger partial charge >= 0.3 is 0 Å². The van der Waals surface area contributed by atoms with Crippen LogP contribution in [0.5, 0.6) is 0 Å². The molecule has 0 bridgehead atoms. The van der Waals surface area contributed by atoms with Crippen molar-refractivity contribution in [3.8, 4) is 0 Å². The van der Waals surface area contributed by atoms with Crippen LogP contribution in [0.15, 0.2) is 24.3 Å². The molecule has 23 heavy (non-hydrogen) atoms. The van der Waals surface area contributed by atoms with Gasteiger partial charge in [-0.05, 0) is 25.0 Å². The van der Waals surface area contributed by atoms with Gasteiger partial charge in [0, 0.05) is 29.1 Å². The lowest BCUT2D eigenvalue weighted by Crippen LogP contribution is -2.35. The van der Waals surface area contributed by atoms with Gasteiger partial charge < -0.3 is 10.3 Å². The Hall–Kier alpha value is -2.37. The van der Waals surface area contributed by atoms with E-state index >= 15 is 0 Å². The zero-order chi connectivity index (χ0) is 16.2. The van der Waals surface area contributed by atoms with Crippen LogP contribution in [0.2, 0.25) is 0 Å². The minimum absolute atomic E-state index is 0.0310. The number of non-ortho nitro benzene ring substituents is 1. The highest BCUT2D eigenvalue weighted by Gasteiger charge is 2.17. The molecule has 1 aliphatic rings. The van der Waals surface area contributed by atoms with Crippen molar-refractivity contribution in [1.29, 1.82) is 0 Å². The van der Waals surface area contributed by atoms with Crippen molar-refractivity contribution >= 4 is 22.5 Å². The number of nitro groups is 1. The maximum Gasteiger partial charge on any atom is 0.270 e. The van der Waals surface area contributed by atoms with E-state index in [1.54, 1.807) is 12.1 Å². The third-order valence-corrected chi connectivity index (χ3v) is 4.50. The molecule has 1 aromatic heterocycles. The maximum atomic E-state index is 12.4. The number of carbonyl (C=O) groups excluding carboxylic acids is 1. The molecule has 3 rings (SSSR count). The average Bonchev–Trinajstić information content (AvgIpc) is 2.92. The Morgan fingerprint density at radius 2 is 1.83 bits per heavy atom. The molecule has 1 amide bonds. The molecule has 0 unspecified atom stereocenters. The summed E-state index contributed by atoms with van der Waals surface area (Å²) in [5.74, 6) is -0.130. The topological polar surface area (TPSA) is 88.0 Å². The monoisotopic (exact) mass is 315 g/mol. The lowest BCUT2D eigenvalue weighted by atomic mass is 9.96. The summed E-state index contributed by atoms with van der Waals surface area (Å²) < 4.78 is 0. The number of aromatic nitrogens is 1. The molecule has 0 saturated heterocycles. The van der Waals surface area contributed by atoms with Crippen LogP contribution in [0, 0.1) is 10.1 Å². The number of nitrogens with zero attached hydrogens (tertiary/aromatic N) is 1. The first-order valence-corrected chi connectivity index (χ1v) is 8.21. The van der Waals surface area contributed by atoms with E-state index in [0.29, 0.717) is 11.1 Å². The Bertz CT molecular complexity index is 715. The zero-order valence-electron chi connectivity index (χ0n) is 13.0. The van der Waals surface area contributed by atoms with E-state index in [1.165, 1.54) is 31.4 Å². The van der Waals surface area contributed by atoms with E-state index in [0.717, 1.165) is 31.2 Å². The van der Waals surface area contributed by atoms with Crippen LogP contribution in [0.1, 0.15) is 55.4 Å². The molecule has 0 atom stereocenters. The van der Waals surface area contributed by atoms with Gasteiger partial charge in [-0.15, -0.1) is 0 Å². The Balaban J connectivity index is 1.73. The fourth-order valence-electron chi connectivity index (χ4n) is 3.22. The minimum Gasteiger partial charge on any atom is -0.351 e. The summed E-state index contributed by atoms with van der Waals surface area (Å²) in [6.07, 6.45) is 8.13. The zero-order valence-corrected chi connectivity index (χ0v) is 13.0. The number of fused-ring (bicyclic) bond motifs is 1. The lowest BCUT2D eigenvalue weighted by Gasteiger charge is -2.20. The van der Waals surface area contributed by atoms with E-state index < -0.39 is 4.92 Å². The van der Waals surface area contributed by atoms with Crippen molar-refractivity contribution in [2.24, 2.45) is 0 Å². The van der Waals surface area contributed by atoms with Crippen LogP contribution in [-0.2, 0) is 0 Å². The van der Waals surface area contributed by atoms with Crippen molar-refractivity contribution in [2.75, 3.05) is 0 Å². The normalized spacial score (nSPS) is 16.7. The molecule has 0 aliphatic heterocycles. The minimum atomic E-state index is -0.430. The van der Waals surface area contributed by atoms with E-state index in [4.69, 9.17) is 0 Å². The fraction of sp³-hybridized carbons (Fsp3) is 0.471. The number of hydrogen-bond acceptors (Lipinski definition) is 3. The third kappa shape index (κ3) is 3.70.